The fourth-order valence-corrected chi connectivity index (χ4v) is 4.40. The Bertz CT molecular complexity index is 363. The van der Waals surface area contributed by atoms with Gasteiger partial charge >= 0.3 is 0 Å². The lowest BCUT2D eigenvalue weighted by atomic mass is 9.94. The second-order valence-corrected chi connectivity index (χ2v) is 13.1. The molecule has 0 nitrogen and oxygen atoms in total. The minimum Gasteiger partial charge on any atom is -0.0687 e. The summed E-state index contributed by atoms with van der Waals surface area (Å²) in [6.07, 6.45) is 10.5. The molecule has 17 heavy (non-hydrogen) atoms. The fraction of sp³-hybridized carbons (Fsp3) is 0.688. The standard InChI is InChI=1S/C16H27Si/c1-16(2,3)17(4,5)12-13-10-14-8-6-7-9-15(14)11-13/h10-11H,6-9,12H2,1-5H3. The van der Waals surface area contributed by atoms with Crippen molar-refractivity contribution < 1.29 is 0 Å². The Labute approximate surface area is 108 Å². The second-order valence-electron chi connectivity index (χ2n) is 7.43. The first-order chi connectivity index (χ1) is 7.79. The van der Waals surface area contributed by atoms with Crippen molar-refractivity contribution >= 4 is 8.07 Å². The van der Waals surface area contributed by atoms with Gasteiger partial charge in [0.2, 0.25) is 0 Å². The van der Waals surface area contributed by atoms with Crippen LogP contribution < -0.4 is 0 Å². The van der Waals surface area contributed by atoms with Crippen molar-refractivity contribution in [3.63, 3.8) is 0 Å². The van der Waals surface area contributed by atoms with E-state index < -0.39 is 8.07 Å². The van der Waals surface area contributed by atoms with Gasteiger partial charge in [0, 0.05) is 6.42 Å². The Morgan fingerprint density at radius 2 is 1.65 bits per heavy atom. The number of hydrogen-bond acceptors (Lipinski definition) is 0. The molecule has 0 fully saturated rings. The molecule has 95 valence electrons. The third kappa shape index (κ3) is 2.75. The summed E-state index contributed by atoms with van der Waals surface area (Å²) in [5.41, 5.74) is 4.94. The topological polar surface area (TPSA) is 0 Å². The van der Waals surface area contributed by atoms with Crippen molar-refractivity contribution in [2.24, 2.45) is 0 Å². The Kier molecular flexibility index (Phi) is 3.42. The van der Waals surface area contributed by atoms with E-state index in [0.29, 0.717) is 5.04 Å². The van der Waals surface area contributed by atoms with Crippen molar-refractivity contribution in [1.29, 1.82) is 0 Å². The van der Waals surface area contributed by atoms with Crippen LogP contribution in [0.1, 0.15) is 46.5 Å². The highest BCUT2D eigenvalue weighted by molar-refractivity contribution is 6.80. The zero-order chi connectivity index (χ0) is 12.7. The molecule has 0 aromatic heterocycles. The molecule has 0 saturated carbocycles. The maximum atomic E-state index is 2.54. The molecule has 0 saturated heterocycles. The second kappa shape index (κ2) is 4.42. The Morgan fingerprint density at radius 3 is 2.18 bits per heavy atom. The quantitative estimate of drug-likeness (QED) is 0.564. The van der Waals surface area contributed by atoms with E-state index in [1.807, 2.05) is 0 Å². The van der Waals surface area contributed by atoms with Crippen LogP contribution in [0.4, 0.5) is 0 Å². The van der Waals surface area contributed by atoms with Crippen LogP contribution in [0.15, 0.2) is 22.8 Å². The third-order valence-corrected chi connectivity index (χ3v) is 10.3. The van der Waals surface area contributed by atoms with Gasteiger partial charge < -0.3 is 0 Å². The summed E-state index contributed by atoms with van der Waals surface area (Å²) in [7, 11) is -1.16. The summed E-state index contributed by atoms with van der Waals surface area (Å²) in [5.74, 6) is 0. The van der Waals surface area contributed by atoms with Crippen LogP contribution in [0.5, 0.6) is 0 Å². The summed E-state index contributed by atoms with van der Waals surface area (Å²) >= 11 is 0. The van der Waals surface area contributed by atoms with Gasteiger partial charge in [0.05, 0.1) is 8.07 Å². The lowest BCUT2D eigenvalue weighted by Crippen LogP contribution is -2.37. The number of allylic oxidation sites excluding steroid dienone is 4. The maximum Gasteiger partial charge on any atom is 0.0568 e. The van der Waals surface area contributed by atoms with Crippen molar-refractivity contribution in [2.45, 2.75) is 70.6 Å². The van der Waals surface area contributed by atoms with Crippen LogP contribution in [0.3, 0.4) is 0 Å². The average Bonchev–Trinajstić information content (AvgIpc) is 2.56. The first kappa shape index (κ1) is 13.1. The predicted octanol–water partition coefficient (Wildman–Crippen LogP) is 5.51. The summed E-state index contributed by atoms with van der Waals surface area (Å²) in [6.45, 7) is 12.3. The highest BCUT2D eigenvalue weighted by Crippen LogP contribution is 2.44. The number of rotatable bonds is 2. The lowest BCUT2D eigenvalue weighted by Gasteiger charge is -2.37. The summed E-state index contributed by atoms with van der Waals surface area (Å²) in [5, 5.41) is 0.505. The normalized spacial score (nSPS) is 21.6. The van der Waals surface area contributed by atoms with Gasteiger partial charge in [0.25, 0.3) is 0 Å². The first-order valence-electron chi connectivity index (χ1n) is 7.07. The Balaban J connectivity index is 2.04. The van der Waals surface area contributed by atoms with Crippen LogP contribution >= 0.6 is 0 Å². The van der Waals surface area contributed by atoms with Gasteiger partial charge in [-0.05, 0) is 42.3 Å². The van der Waals surface area contributed by atoms with Gasteiger partial charge in [0.15, 0.2) is 0 Å². The summed E-state index contributed by atoms with van der Waals surface area (Å²) in [4.78, 5) is 0. The molecule has 0 aliphatic heterocycles. The van der Waals surface area contributed by atoms with Crippen LogP contribution in [0.25, 0.3) is 0 Å². The molecule has 0 aromatic rings. The molecular formula is C16H27Si. The minimum atomic E-state index is -1.16. The van der Waals surface area contributed by atoms with Gasteiger partial charge in [0.1, 0.15) is 0 Å². The van der Waals surface area contributed by atoms with Crippen LogP contribution in [0, 0.1) is 6.42 Å². The molecule has 0 N–H and O–H groups in total. The molecule has 2 aliphatic rings. The molecule has 1 heteroatoms. The smallest absolute Gasteiger partial charge is 0.0568 e. The van der Waals surface area contributed by atoms with Crippen molar-refractivity contribution in [3.05, 3.63) is 29.2 Å². The highest BCUT2D eigenvalue weighted by atomic mass is 28.3. The van der Waals surface area contributed by atoms with Crippen LogP contribution in [0.2, 0.25) is 24.2 Å². The SMILES string of the molecule is CC(C)(C)[Si](C)(C)CC1=CC2=C([CH]1)CCCC2. The zero-order valence-electron chi connectivity index (χ0n) is 12.2. The number of hydrogen-bond donors (Lipinski definition) is 0. The van der Waals surface area contributed by atoms with E-state index in [1.165, 1.54) is 31.7 Å². The zero-order valence-corrected chi connectivity index (χ0v) is 13.2. The molecule has 0 heterocycles. The van der Waals surface area contributed by atoms with E-state index in [2.05, 4.69) is 46.4 Å². The minimum absolute atomic E-state index is 0.505. The summed E-state index contributed by atoms with van der Waals surface area (Å²) in [6, 6.07) is 1.35. The molecule has 0 spiro atoms. The van der Waals surface area contributed by atoms with Gasteiger partial charge in [-0.1, -0.05) is 51.1 Å². The van der Waals surface area contributed by atoms with E-state index in [9.17, 15) is 0 Å². The highest BCUT2D eigenvalue weighted by Gasteiger charge is 2.36. The average molecular weight is 247 g/mol. The Hall–Kier alpha value is -0.303. The van der Waals surface area contributed by atoms with E-state index in [-0.39, 0.29) is 0 Å². The van der Waals surface area contributed by atoms with Crippen LogP contribution in [-0.2, 0) is 0 Å². The van der Waals surface area contributed by atoms with Gasteiger partial charge in [-0.3, -0.25) is 0 Å². The van der Waals surface area contributed by atoms with E-state index >= 15 is 0 Å². The van der Waals surface area contributed by atoms with E-state index in [4.69, 9.17) is 0 Å². The fourth-order valence-electron chi connectivity index (χ4n) is 2.65. The first-order valence-corrected chi connectivity index (χ1v) is 10.3. The maximum absolute atomic E-state index is 2.54. The predicted molar refractivity (Wildman–Crippen MR) is 79.9 cm³/mol. The Morgan fingerprint density at radius 1 is 1.06 bits per heavy atom. The molecular weight excluding hydrogens is 220 g/mol. The summed E-state index contributed by atoms with van der Waals surface area (Å²) < 4.78 is 0. The molecule has 2 rings (SSSR count). The third-order valence-electron chi connectivity index (χ3n) is 4.95. The monoisotopic (exact) mass is 247 g/mol. The van der Waals surface area contributed by atoms with Crippen molar-refractivity contribution in [3.8, 4) is 0 Å². The van der Waals surface area contributed by atoms with Crippen molar-refractivity contribution in [2.75, 3.05) is 0 Å². The van der Waals surface area contributed by atoms with Crippen LogP contribution in [-0.4, -0.2) is 8.07 Å². The van der Waals surface area contributed by atoms with E-state index in [1.54, 1.807) is 16.7 Å². The van der Waals surface area contributed by atoms with Gasteiger partial charge in [-0.15, -0.1) is 0 Å². The lowest BCUT2D eigenvalue weighted by molar-refractivity contribution is 0.693. The largest absolute Gasteiger partial charge is 0.0687 e. The molecule has 0 bridgehead atoms. The molecule has 0 atom stereocenters. The van der Waals surface area contributed by atoms with Crippen molar-refractivity contribution in [1.82, 2.24) is 0 Å². The van der Waals surface area contributed by atoms with Gasteiger partial charge in [-0.25, -0.2) is 0 Å². The molecule has 1 radical (unpaired) electrons. The molecule has 0 aromatic carbocycles. The van der Waals surface area contributed by atoms with Gasteiger partial charge in [-0.2, -0.15) is 0 Å². The van der Waals surface area contributed by atoms with E-state index in [0.717, 1.165) is 0 Å². The molecule has 2 aliphatic carbocycles. The molecule has 0 amide bonds. The molecule has 0 unspecified atom stereocenters.